The number of urea groups is 1. The second-order valence-electron chi connectivity index (χ2n) is 5.37. The van der Waals surface area contributed by atoms with Crippen LogP contribution < -0.4 is 5.32 Å². The molecule has 0 aromatic heterocycles. The van der Waals surface area contributed by atoms with E-state index in [1.165, 1.54) is 12.1 Å². The molecule has 2 atom stereocenters. The smallest absolute Gasteiger partial charge is 0.319 e. The zero-order valence-electron chi connectivity index (χ0n) is 11.2. The van der Waals surface area contributed by atoms with Crippen molar-refractivity contribution in [1.82, 2.24) is 9.80 Å². The highest BCUT2D eigenvalue weighted by Gasteiger charge is 2.43. The molecule has 2 amide bonds. The van der Waals surface area contributed by atoms with Gasteiger partial charge in [-0.15, -0.1) is 0 Å². The third kappa shape index (κ3) is 2.61. The molecular formula is C14H14ClFN4O. The van der Waals surface area contributed by atoms with Gasteiger partial charge in [0.15, 0.2) is 6.19 Å². The van der Waals surface area contributed by atoms with Crippen molar-refractivity contribution in [2.45, 2.75) is 12.5 Å². The minimum Gasteiger partial charge on any atom is -0.319 e. The van der Waals surface area contributed by atoms with E-state index in [4.69, 9.17) is 16.9 Å². The number of nitrogens with zero attached hydrogens (tertiary/aromatic N) is 3. The molecule has 0 aliphatic carbocycles. The van der Waals surface area contributed by atoms with Crippen molar-refractivity contribution in [2.24, 2.45) is 5.92 Å². The fourth-order valence-corrected chi connectivity index (χ4v) is 3.23. The van der Waals surface area contributed by atoms with E-state index in [2.05, 4.69) is 11.5 Å². The van der Waals surface area contributed by atoms with E-state index in [9.17, 15) is 9.18 Å². The molecule has 2 aliphatic rings. The number of carbonyl (C=O) groups excluding carboxylic acids is 1. The summed E-state index contributed by atoms with van der Waals surface area (Å²) in [5, 5.41) is 11.8. The van der Waals surface area contributed by atoms with Gasteiger partial charge in [-0.05, 0) is 24.6 Å². The van der Waals surface area contributed by atoms with Gasteiger partial charge in [-0.2, -0.15) is 5.26 Å². The van der Waals surface area contributed by atoms with E-state index in [0.29, 0.717) is 25.6 Å². The molecule has 1 N–H and O–H groups in total. The van der Waals surface area contributed by atoms with Gasteiger partial charge in [0.2, 0.25) is 0 Å². The van der Waals surface area contributed by atoms with Crippen LogP contribution in [-0.4, -0.2) is 41.5 Å². The van der Waals surface area contributed by atoms with Gasteiger partial charge in [0.05, 0.1) is 11.7 Å². The molecule has 5 nitrogen and oxygen atoms in total. The number of hydrogen-bond acceptors (Lipinski definition) is 3. The molecule has 2 unspecified atom stereocenters. The standard InChI is InChI=1S/C14H14ClFN4O/c15-10-1-2-12(11(16)5-10)18-14(21)20-4-3-9-6-19(8-17)7-13(9)20/h1-2,5,9,13H,3-4,6-7H2,(H,18,21). The predicted molar refractivity (Wildman–Crippen MR) is 76.2 cm³/mol. The lowest BCUT2D eigenvalue weighted by atomic mass is 10.1. The largest absolute Gasteiger partial charge is 0.322 e. The summed E-state index contributed by atoms with van der Waals surface area (Å²) in [4.78, 5) is 15.7. The third-order valence-electron chi connectivity index (χ3n) is 4.12. The summed E-state index contributed by atoms with van der Waals surface area (Å²) in [6.07, 6.45) is 2.99. The van der Waals surface area contributed by atoms with Gasteiger partial charge >= 0.3 is 6.03 Å². The van der Waals surface area contributed by atoms with E-state index in [0.717, 1.165) is 12.5 Å². The minimum atomic E-state index is -0.559. The number of fused-ring (bicyclic) bond motifs is 1. The third-order valence-corrected chi connectivity index (χ3v) is 4.36. The molecule has 1 aromatic rings. The molecular weight excluding hydrogens is 295 g/mol. The number of carbonyl (C=O) groups is 1. The SMILES string of the molecule is N#CN1CC2CCN(C(=O)Nc3ccc(Cl)cc3F)C2C1. The molecule has 2 heterocycles. The lowest BCUT2D eigenvalue weighted by molar-refractivity contribution is 0.203. The maximum absolute atomic E-state index is 13.7. The van der Waals surface area contributed by atoms with Crippen molar-refractivity contribution in [2.75, 3.05) is 25.0 Å². The molecule has 0 radical (unpaired) electrons. The Morgan fingerprint density at radius 1 is 1.48 bits per heavy atom. The average Bonchev–Trinajstić information content (AvgIpc) is 3.01. The number of nitrogens with one attached hydrogen (secondary N) is 1. The maximum atomic E-state index is 13.7. The summed E-state index contributed by atoms with van der Waals surface area (Å²) < 4.78 is 13.7. The predicted octanol–water partition coefficient (Wildman–Crippen LogP) is 2.50. The first-order chi connectivity index (χ1) is 10.1. The maximum Gasteiger partial charge on any atom is 0.322 e. The summed E-state index contributed by atoms with van der Waals surface area (Å²) in [7, 11) is 0. The van der Waals surface area contributed by atoms with E-state index in [1.807, 2.05) is 0 Å². The van der Waals surface area contributed by atoms with Gasteiger partial charge in [0.1, 0.15) is 5.82 Å². The van der Waals surface area contributed by atoms with Crippen LogP contribution in [0.5, 0.6) is 0 Å². The van der Waals surface area contributed by atoms with Crippen molar-refractivity contribution in [3.05, 3.63) is 29.0 Å². The lowest BCUT2D eigenvalue weighted by Gasteiger charge is -2.24. The normalized spacial score (nSPS) is 23.9. The zero-order chi connectivity index (χ0) is 15.0. The Labute approximate surface area is 126 Å². The zero-order valence-corrected chi connectivity index (χ0v) is 12.0. The number of hydrogen-bond donors (Lipinski definition) is 1. The van der Waals surface area contributed by atoms with E-state index < -0.39 is 5.82 Å². The second-order valence-corrected chi connectivity index (χ2v) is 5.81. The molecule has 0 spiro atoms. The highest BCUT2D eigenvalue weighted by atomic mass is 35.5. The topological polar surface area (TPSA) is 59.4 Å². The Bertz CT molecular complexity index is 617. The molecule has 7 heteroatoms. The Hall–Kier alpha value is -2.00. The summed E-state index contributed by atoms with van der Waals surface area (Å²) in [6, 6.07) is 3.83. The second kappa shape index (κ2) is 5.41. The molecule has 2 saturated heterocycles. The first-order valence-corrected chi connectivity index (χ1v) is 7.13. The number of halogens is 2. The average molecular weight is 309 g/mol. The van der Waals surface area contributed by atoms with E-state index in [1.54, 1.807) is 9.80 Å². The van der Waals surface area contributed by atoms with Gasteiger partial charge in [-0.3, -0.25) is 0 Å². The Morgan fingerprint density at radius 2 is 2.29 bits per heavy atom. The molecule has 1 aromatic carbocycles. The summed E-state index contributed by atoms with van der Waals surface area (Å²) in [5.41, 5.74) is 0.114. The summed E-state index contributed by atoms with van der Waals surface area (Å²) >= 11 is 5.69. The molecule has 0 saturated carbocycles. The van der Waals surface area contributed by atoms with Gasteiger partial charge in [-0.1, -0.05) is 11.6 Å². The molecule has 0 bridgehead atoms. The van der Waals surface area contributed by atoms with Crippen molar-refractivity contribution in [3.63, 3.8) is 0 Å². The monoisotopic (exact) mass is 308 g/mol. The van der Waals surface area contributed by atoms with Gasteiger partial charge in [0.25, 0.3) is 0 Å². The Kier molecular flexibility index (Phi) is 3.60. The first kappa shape index (κ1) is 14.0. The number of benzene rings is 1. The van der Waals surface area contributed by atoms with Crippen LogP contribution in [0.3, 0.4) is 0 Å². The number of rotatable bonds is 1. The highest BCUT2D eigenvalue weighted by Crippen LogP contribution is 2.31. The van der Waals surface area contributed by atoms with Crippen LogP contribution in [0, 0.1) is 23.2 Å². The van der Waals surface area contributed by atoms with Gasteiger partial charge < -0.3 is 15.1 Å². The van der Waals surface area contributed by atoms with Gasteiger partial charge in [0, 0.05) is 30.6 Å². The van der Waals surface area contributed by atoms with E-state index in [-0.39, 0.29) is 22.8 Å². The van der Waals surface area contributed by atoms with Crippen molar-refractivity contribution in [1.29, 1.82) is 5.26 Å². The van der Waals surface area contributed by atoms with Gasteiger partial charge in [-0.25, -0.2) is 9.18 Å². The molecule has 110 valence electrons. The van der Waals surface area contributed by atoms with Crippen molar-refractivity contribution < 1.29 is 9.18 Å². The molecule has 21 heavy (non-hydrogen) atoms. The van der Waals surface area contributed by atoms with Crippen molar-refractivity contribution in [3.8, 4) is 6.19 Å². The lowest BCUT2D eigenvalue weighted by Crippen LogP contribution is -2.41. The minimum absolute atomic E-state index is 0.0278. The Balaban J connectivity index is 1.70. The fourth-order valence-electron chi connectivity index (χ4n) is 3.07. The number of anilines is 1. The van der Waals surface area contributed by atoms with Crippen LogP contribution in [0.25, 0.3) is 0 Å². The molecule has 2 fully saturated rings. The van der Waals surface area contributed by atoms with Crippen LogP contribution in [0.2, 0.25) is 5.02 Å². The van der Waals surface area contributed by atoms with Crippen LogP contribution in [0.15, 0.2) is 18.2 Å². The van der Waals surface area contributed by atoms with Crippen LogP contribution in [-0.2, 0) is 0 Å². The number of nitriles is 1. The molecule has 3 rings (SSSR count). The summed E-state index contributed by atoms with van der Waals surface area (Å²) in [5.74, 6) is -0.234. The highest BCUT2D eigenvalue weighted by molar-refractivity contribution is 6.30. The van der Waals surface area contributed by atoms with Crippen LogP contribution in [0.1, 0.15) is 6.42 Å². The van der Waals surface area contributed by atoms with E-state index >= 15 is 0 Å². The quantitative estimate of drug-likeness (QED) is 0.811. The van der Waals surface area contributed by atoms with Crippen LogP contribution in [0.4, 0.5) is 14.9 Å². The van der Waals surface area contributed by atoms with Crippen LogP contribution >= 0.6 is 11.6 Å². The van der Waals surface area contributed by atoms with Crippen molar-refractivity contribution >= 4 is 23.3 Å². The fraction of sp³-hybridized carbons (Fsp3) is 0.429. The molecule has 2 aliphatic heterocycles. The Morgan fingerprint density at radius 3 is 3.00 bits per heavy atom. The first-order valence-electron chi connectivity index (χ1n) is 6.76. The number of amides is 2. The number of likely N-dealkylation sites (tertiary alicyclic amines) is 2. The summed E-state index contributed by atoms with van der Waals surface area (Å²) in [6.45, 7) is 1.88.